The molecule has 140 valence electrons. The molecular formula is C17H16Cl2O5S2. The largest absolute Gasteiger partial charge is 0.300 e. The summed E-state index contributed by atoms with van der Waals surface area (Å²) in [5, 5.41) is 0. The third kappa shape index (κ3) is 6.39. The molecule has 0 heterocycles. The van der Waals surface area contributed by atoms with Crippen LogP contribution in [0.25, 0.3) is 0 Å². The first kappa shape index (κ1) is 20.9. The lowest BCUT2D eigenvalue weighted by Gasteiger charge is -2.04. The monoisotopic (exact) mass is 434 g/mol. The number of halogens is 2. The molecule has 0 aliphatic carbocycles. The predicted molar refractivity (Wildman–Crippen MR) is 101 cm³/mol. The quantitative estimate of drug-likeness (QED) is 0.591. The van der Waals surface area contributed by atoms with E-state index in [-0.39, 0.29) is 15.6 Å². The Morgan fingerprint density at radius 1 is 0.654 bits per heavy atom. The molecule has 0 aromatic heterocycles. The van der Waals surface area contributed by atoms with Crippen molar-refractivity contribution in [3.8, 4) is 0 Å². The summed E-state index contributed by atoms with van der Waals surface area (Å²) in [5.41, 5.74) is 1.69. The Bertz CT molecular complexity index is 899. The normalized spacial score (nSPS) is 12.1. The summed E-state index contributed by atoms with van der Waals surface area (Å²) in [6, 6.07) is 12.2. The maximum absolute atomic E-state index is 12.0. The van der Waals surface area contributed by atoms with Gasteiger partial charge in [-0.3, -0.25) is 4.79 Å². The lowest BCUT2D eigenvalue weighted by molar-refractivity contribution is -0.119. The molecule has 9 heteroatoms. The summed E-state index contributed by atoms with van der Waals surface area (Å²) in [4.78, 5) is 12.1. The molecule has 0 saturated carbocycles. The van der Waals surface area contributed by atoms with Crippen LogP contribution in [0.1, 0.15) is 24.0 Å². The van der Waals surface area contributed by atoms with Crippen molar-refractivity contribution in [1.82, 2.24) is 0 Å². The molecule has 26 heavy (non-hydrogen) atoms. The first-order valence-corrected chi connectivity index (χ1v) is 12.3. The van der Waals surface area contributed by atoms with Gasteiger partial charge in [0.2, 0.25) is 0 Å². The van der Waals surface area contributed by atoms with Gasteiger partial charge in [-0.2, -0.15) is 0 Å². The molecular weight excluding hydrogens is 419 g/mol. The van der Waals surface area contributed by atoms with Gasteiger partial charge in [0.15, 0.2) is 0 Å². The van der Waals surface area contributed by atoms with E-state index in [1.165, 1.54) is 24.3 Å². The molecule has 0 radical (unpaired) electrons. The van der Waals surface area contributed by atoms with Crippen LogP contribution in [-0.4, -0.2) is 22.6 Å². The molecule has 0 aliphatic rings. The number of Topliss-reactive ketones (excluding diaryl/α,β-unsaturated/α-hetero) is 1. The molecule has 0 fully saturated rings. The van der Waals surface area contributed by atoms with Crippen molar-refractivity contribution < 1.29 is 21.6 Å². The lowest BCUT2D eigenvalue weighted by atomic mass is 10.0. The van der Waals surface area contributed by atoms with Crippen molar-refractivity contribution in [2.24, 2.45) is 0 Å². The van der Waals surface area contributed by atoms with Crippen molar-refractivity contribution in [3.05, 3.63) is 59.7 Å². The SMILES string of the molecule is O=C(CCc1ccc(S(=O)(=O)Cl)cc1)CCc1ccc(S(=O)(=O)Cl)cc1. The topological polar surface area (TPSA) is 85.3 Å². The predicted octanol–water partition coefficient (Wildman–Crippen LogP) is 3.68. The molecule has 0 N–H and O–H groups in total. The highest BCUT2D eigenvalue weighted by atomic mass is 35.7. The van der Waals surface area contributed by atoms with Crippen LogP contribution in [0.2, 0.25) is 0 Å². The number of carbonyl (C=O) groups is 1. The van der Waals surface area contributed by atoms with Crippen LogP contribution in [0.15, 0.2) is 58.3 Å². The molecule has 0 bridgehead atoms. The van der Waals surface area contributed by atoms with Crippen LogP contribution >= 0.6 is 21.4 Å². The van der Waals surface area contributed by atoms with Crippen LogP contribution in [0.5, 0.6) is 0 Å². The number of rotatable bonds is 8. The standard InChI is InChI=1S/C17H16Cl2O5S2/c18-25(21,22)16-9-3-13(4-10-16)1-7-15(20)8-2-14-5-11-17(12-6-14)26(19,23)24/h3-6,9-12H,1-2,7-8H2. The van der Waals surface area contributed by atoms with Gasteiger partial charge in [-0.1, -0.05) is 24.3 Å². The van der Waals surface area contributed by atoms with Crippen LogP contribution < -0.4 is 0 Å². The van der Waals surface area contributed by atoms with Gasteiger partial charge in [-0.15, -0.1) is 0 Å². The zero-order valence-corrected chi connectivity index (χ0v) is 16.7. The van der Waals surface area contributed by atoms with Crippen molar-refractivity contribution in [3.63, 3.8) is 0 Å². The summed E-state index contributed by atoms with van der Waals surface area (Å²) in [6.45, 7) is 0. The first-order chi connectivity index (χ1) is 12.1. The number of hydrogen-bond acceptors (Lipinski definition) is 5. The second kappa shape index (κ2) is 8.52. The summed E-state index contributed by atoms with van der Waals surface area (Å²) in [7, 11) is 3.01. The van der Waals surface area contributed by atoms with E-state index in [0.717, 1.165) is 11.1 Å². The minimum absolute atomic E-state index is 0.0247. The second-order valence-electron chi connectivity index (χ2n) is 5.70. The van der Waals surface area contributed by atoms with Gasteiger partial charge in [0.25, 0.3) is 18.1 Å². The molecule has 2 rings (SSSR count). The maximum Gasteiger partial charge on any atom is 0.261 e. The van der Waals surface area contributed by atoms with E-state index >= 15 is 0 Å². The number of aryl methyl sites for hydroxylation is 2. The zero-order valence-electron chi connectivity index (χ0n) is 13.6. The Balaban J connectivity index is 1.84. The molecule has 0 spiro atoms. The Hall–Kier alpha value is -1.41. The summed E-state index contributed by atoms with van der Waals surface area (Å²) in [5.74, 6) is 0.0630. The Morgan fingerprint density at radius 3 is 1.23 bits per heavy atom. The van der Waals surface area contributed by atoms with E-state index in [1.807, 2.05) is 0 Å². The highest BCUT2D eigenvalue weighted by Crippen LogP contribution is 2.18. The average Bonchev–Trinajstić information content (AvgIpc) is 2.57. The molecule has 2 aromatic carbocycles. The molecule has 5 nitrogen and oxygen atoms in total. The van der Waals surface area contributed by atoms with Gasteiger partial charge in [-0.05, 0) is 48.2 Å². The van der Waals surface area contributed by atoms with Gasteiger partial charge < -0.3 is 0 Å². The zero-order chi connectivity index (χ0) is 19.4. The number of carbonyl (C=O) groups excluding carboxylic acids is 1. The van der Waals surface area contributed by atoms with Gasteiger partial charge in [0.1, 0.15) is 5.78 Å². The minimum Gasteiger partial charge on any atom is -0.300 e. The molecule has 0 atom stereocenters. The van der Waals surface area contributed by atoms with Gasteiger partial charge in [0, 0.05) is 34.2 Å². The Morgan fingerprint density at radius 2 is 0.962 bits per heavy atom. The van der Waals surface area contributed by atoms with E-state index in [9.17, 15) is 21.6 Å². The summed E-state index contributed by atoms with van der Waals surface area (Å²) < 4.78 is 44.7. The highest BCUT2D eigenvalue weighted by Gasteiger charge is 2.11. The smallest absolute Gasteiger partial charge is 0.261 e. The van der Waals surface area contributed by atoms with E-state index in [0.29, 0.717) is 25.7 Å². The van der Waals surface area contributed by atoms with Crippen molar-refractivity contribution in [1.29, 1.82) is 0 Å². The van der Waals surface area contributed by atoms with Crippen LogP contribution in [0.4, 0.5) is 0 Å². The van der Waals surface area contributed by atoms with E-state index in [2.05, 4.69) is 0 Å². The number of benzene rings is 2. The molecule has 0 unspecified atom stereocenters. The Kier molecular flexibility index (Phi) is 6.85. The third-order valence-corrected chi connectivity index (χ3v) is 6.53. The van der Waals surface area contributed by atoms with Crippen molar-refractivity contribution in [2.45, 2.75) is 35.5 Å². The molecule has 2 aromatic rings. The fourth-order valence-electron chi connectivity index (χ4n) is 2.33. The Labute approximate surface area is 161 Å². The van der Waals surface area contributed by atoms with E-state index in [1.54, 1.807) is 24.3 Å². The number of hydrogen-bond donors (Lipinski definition) is 0. The number of ketones is 1. The third-order valence-electron chi connectivity index (χ3n) is 3.79. The van der Waals surface area contributed by atoms with Crippen LogP contribution in [0, 0.1) is 0 Å². The fourth-order valence-corrected chi connectivity index (χ4v) is 3.87. The maximum atomic E-state index is 12.0. The average molecular weight is 435 g/mol. The van der Waals surface area contributed by atoms with E-state index in [4.69, 9.17) is 21.4 Å². The highest BCUT2D eigenvalue weighted by molar-refractivity contribution is 8.14. The minimum atomic E-state index is -3.74. The summed E-state index contributed by atoms with van der Waals surface area (Å²) >= 11 is 0. The van der Waals surface area contributed by atoms with Gasteiger partial charge in [-0.25, -0.2) is 16.8 Å². The van der Waals surface area contributed by atoms with Crippen LogP contribution in [0.3, 0.4) is 0 Å². The van der Waals surface area contributed by atoms with Gasteiger partial charge in [0.05, 0.1) is 9.79 Å². The van der Waals surface area contributed by atoms with Crippen molar-refractivity contribution >= 4 is 45.2 Å². The lowest BCUT2D eigenvalue weighted by Crippen LogP contribution is -2.02. The van der Waals surface area contributed by atoms with Crippen LogP contribution in [-0.2, 0) is 35.7 Å². The van der Waals surface area contributed by atoms with Crippen molar-refractivity contribution in [2.75, 3.05) is 0 Å². The van der Waals surface area contributed by atoms with E-state index < -0.39 is 18.1 Å². The second-order valence-corrected chi connectivity index (χ2v) is 10.8. The van der Waals surface area contributed by atoms with Gasteiger partial charge >= 0.3 is 0 Å². The molecule has 0 aliphatic heterocycles. The first-order valence-electron chi connectivity index (χ1n) is 7.64. The molecule has 0 amide bonds. The fraction of sp³-hybridized carbons (Fsp3) is 0.235. The summed E-state index contributed by atoms with van der Waals surface area (Å²) in [6.07, 6.45) is 1.68. The molecule has 0 saturated heterocycles.